The quantitative estimate of drug-likeness (QED) is 0.443. The largest absolute Gasteiger partial charge is 0.0622 e. The topological polar surface area (TPSA) is 0 Å². The summed E-state index contributed by atoms with van der Waals surface area (Å²) in [6.07, 6.45) is 6.94. The molecule has 0 spiro atoms. The lowest BCUT2D eigenvalue weighted by atomic mass is 9.78. The van der Waals surface area contributed by atoms with Gasteiger partial charge in [0.15, 0.2) is 0 Å². The van der Waals surface area contributed by atoms with Crippen LogP contribution in [0.15, 0.2) is 66.7 Å². The highest BCUT2D eigenvalue weighted by atomic mass is 14.4. The van der Waals surface area contributed by atoms with Crippen molar-refractivity contribution < 1.29 is 0 Å². The molecule has 3 aromatic carbocycles. The monoisotopic (exact) mass is 352 g/mol. The zero-order valence-electron chi connectivity index (χ0n) is 16.5. The van der Waals surface area contributed by atoms with E-state index >= 15 is 0 Å². The van der Waals surface area contributed by atoms with Crippen LogP contribution in [0.5, 0.6) is 0 Å². The van der Waals surface area contributed by atoms with Gasteiger partial charge in [-0.2, -0.15) is 0 Å². The molecule has 0 N–H and O–H groups in total. The van der Waals surface area contributed by atoms with Crippen molar-refractivity contribution in [3.63, 3.8) is 0 Å². The van der Waals surface area contributed by atoms with Crippen molar-refractivity contribution in [3.8, 4) is 22.3 Å². The fraction of sp³-hybridized carbons (Fsp3) is 0.333. The summed E-state index contributed by atoms with van der Waals surface area (Å²) in [4.78, 5) is 0. The van der Waals surface area contributed by atoms with Crippen molar-refractivity contribution in [2.24, 2.45) is 0 Å². The Kier molecular flexibility index (Phi) is 3.97. The lowest BCUT2D eigenvalue weighted by Gasteiger charge is -2.26. The Bertz CT molecular complexity index is 972. The Labute approximate surface area is 163 Å². The summed E-state index contributed by atoms with van der Waals surface area (Å²) in [5.74, 6) is 0.767. The molecule has 1 fully saturated rings. The standard InChI is InChI=1S/C27H28/c1-27(2)25-17-21(19-9-5-3-6-10-19)13-15-23(25)24-16-14-22(18-26(24)27)20-11-7-4-8-12-20/h3,5-6,9-10,13-18,20H,4,7-8,11-12H2,1-2H3. The van der Waals surface area contributed by atoms with Gasteiger partial charge in [0.1, 0.15) is 0 Å². The van der Waals surface area contributed by atoms with Crippen LogP contribution in [0.25, 0.3) is 22.3 Å². The van der Waals surface area contributed by atoms with Crippen molar-refractivity contribution in [1.82, 2.24) is 0 Å². The first-order valence-electron chi connectivity index (χ1n) is 10.5. The van der Waals surface area contributed by atoms with Crippen molar-refractivity contribution >= 4 is 0 Å². The van der Waals surface area contributed by atoms with Gasteiger partial charge in [-0.15, -0.1) is 0 Å². The molecule has 0 nitrogen and oxygen atoms in total. The van der Waals surface area contributed by atoms with E-state index in [4.69, 9.17) is 0 Å². The molecule has 3 aromatic rings. The molecule has 0 saturated heterocycles. The normalized spacial score (nSPS) is 18.1. The maximum atomic E-state index is 2.54. The van der Waals surface area contributed by atoms with E-state index < -0.39 is 0 Å². The zero-order chi connectivity index (χ0) is 18.4. The molecule has 5 rings (SSSR count). The lowest BCUT2D eigenvalue weighted by molar-refractivity contribution is 0.443. The van der Waals surface area contributed by atoms with Gasteiger partial charge in [-0.05, 0) is 63.8 Å². The van der Waals surface area contributed by atoms with E-state index in [-0.39, 0.29) is 5.41 Å². The van der Waals surface area contributed by atoms with Gasteiger partial charge in [0.2, 0.25) is 0 Å². The van der Waals surface area contributed by atoms with Crippen LogP contribution in [0, 0.1) is 0 Å². The molecule has 0 amide bonds. The van der Waals surface area contributed by atoms with Gasteiger partial charge >= 0.3 is 0 Å². The predicted octanol–water partition coefficient (Wildman–Crippen LogP) is 7.71. The number of rotatable bonds is 2. The fourth-order valence-electron chi connectivity index (χ4n) is 5.26. The van der Waals surface area contributed by atoms with Crippen molar-refractivity contribution in [2.75, 3.05) is 0 Å². The van der Waals surface area contributed by atoms with E-state index in [1.54, 1.807) is 5.56 Å². The number of benzene rings is 3. The minimum Gasteiger partial charge on any atom is -0.0622 e. The average Bonchev–Trinajstić information content (AvgIpc) is 2.96. The molecular weight excluding hydrogens is 324 g/mol. The van der Waals surface area contributed by atoms with Crippen molar-refractivity contribution in [3.05, 3.63) is 83.4 Å². The smallest absolute Gasteiger partial charge is 0.0159 e. The first kappa shape index (κ1) is 16.8. The summed E-state index contributed by atoms with van der Waals surface area (Å²) in [5.41, 5.74) is 10.1. The van der Waals surface area contributed by atoms with Gasteiger partial charge in [-0.1, -0.05) is 93.8 Å². The SMILES string of the molecule is CC1(C)c2cc(-c3ccccc3)ccc2-c2ccc(C3CCCCC3)cc21. The molecule has 27 heavy (non-hydrogen) atoms. The highest BCUT2D eigenvalue weighted by molar-refractivity contribution is 5.83. The molecular formula is C27H28. The Hall–Kier alpha value is -2.34. The molecule has 0 aliphatic heterocycles. The van der Waals surface area contributed by atoms with E-state index in [2.05, 4.69) is 80.6 Å². The summed E-state index contributed by atoms with van der Waals surface area (Å²) >= 11 is 0. The van der Waals surface area contributed by atoms with Crippen molar-refractivity contribution in [1.29, 1.82) is 0 Å². The number of fused-ring (bicyclic) bond motifs is 3. The lowest BCUT2D eigenvalue weighted by Crippen LogP contribution is -2.16. The second kappa shape index (κ2) is 6.37. The highest BCUT2D eigenvalue weighted by Gasteiger charge is 2.36. The van der Waals surface area contributed by atoms with Crippen LogP contribution in [-0.4, -0.2) is 0 Å². The predicted molar refractivity (Wildman–Crippen MR) is 115 cm³/mol. The van der Waals surface area contributed by atoms with Crippen molar-refractivity contribution in [2.45, 2.75) is 57.3 Å². The van der Waals surface area contributed by atoms with Crippen LogP contribution < -0.4 is 0 Å². The summed E-state index contributed by atoms with van der Waals surface area (Å²) in [5, 5.41) is 0. The fourth-order valence-corrected chi connectivity index (χ4v) is 5.26. The summed E-state index contributed by atoms with van der Waals surface area (Å²) in [6.45, 7) is 4.80. The average molecular weight is 353 g/mol. The summed E-state index contributed by atoms with van der Waals surface area (Å²) in [6, 6.07) is 25.1. The Morgan fingerprint density at radius 3 is 2.07 bits per heavy atom. The van der Waals surface area contributed by atoms with Crippen LogP contribution in [0.4, 0.5) is 0 Å². The van der Waals surface area contributed by atoms with E-state index in [1.807, 2.05) is 0 Å². The highest BCUT2D eigenvalue weighted by Crippen LogP contribution is 2.50. The van der Waals surface area contributed by atoms with E-state index in [0.717, 1.165) is 5.92 Å². The third kappa shape index (κ3) is 2.74. The molecule has 0 bridgehead atoms. The molecule has 0 unspecified atom stereocenters. The molecule has 0 aromatic heterocycles. The second-order valence-electron chi connectivity index (χ2n) is 8.89. The van der Waals surface area contributed by atoms with Crippen LogP contribution in [0.3, 0.4) is 0 Å². The van der Waals surface area contributed by atoms with Gasteiger partial charge in [0.05, 0.1) is 0 Å². The van der Waals surface area contributed by atoms with Gasteiger partial charge in [-0.25, -0.2) is 0 Å². The van der Waals surface area contributed by atoms with E-state index in [1.165, 1.54) is 65.5 Å². The minimum atomic E-state index is 0.0696. The van der Waals surface area contributed by atoms with Crippen LogP contribution in [-0.2, 0) is 5.41 Å². The Morgan fingerprint density at radius 2 is 1.33 bits per heavy atom. The molecule has 0 atom stereocenters. The number of hydrogen-bond donors (Lipinski definition) is 0. The van der Waals surface area contributed by atoms with Gasteiger partial charge in [0.25, 0.3) is 0 Å². The Morgan fingerprint density at radius 1 is 0.667 bits per heavy atom. The van der Waals surface area contributed by atoms with Gasteiger partial charge in [0, 0.05) is 5.41 Å². The maximum absolute atomic E-state index is 2.54. The van der Waals surface area contributed by atoms with E-state index in [9.17, 15) is 0 Å². The third-order valence-electron chi connectivity index (χ3n) is 6.88. The second-order valence-corrected chi connectivity index (χ2v) is 8.89. The van der Waals surface area contributed by atoms with E-state index in [0.29, 0.717) is 0 Å². The van der Waals surface area contributed by atoms with Gasteiger partial charge in [-0.3, -0.25) is 0 Å². The molecule has 0 radical (unpaired) electrons. The van der Waals surface area contributed by atoms with Crippen LogP contribution >= 0.6 is 0 Å². The third-order valence-corrected chi connectivity index (χ3v) is 6.88. The molecule has 0 heteroatoms. The molecule has 1 saturated carbocycles. The number of hydrogen-bond acceptors (Lipinski definition) is 0. The summed E-state index contributed by atoms with van der Waals surface area (Å²) in [7, 11) is 0. The molecule has 2 aliphatic carbocycles. The molecule has 136 valence electrons. The molecule has 0 heterocycles. The first-order valence-corrected chi connectivity index (χ1v) is 10.5. The summed E-state index contributed by atoms with van der Waals surface area (Å²) < 4.78 is 0. The van der Waals surface area contributed by atoms with Crippen LogP contribution in [0.2, 0.25) is 0 Å². The first-order chi connectivity index (χ1) is 13.1. The minimum absolute atomic E-state index is 0.0696. The maximum Gasteiger partial charge on any atom is 0.0159 e. The zero-order valence-corrected chi connectivity index (χ0v) is 16.5. The molecule has 2 aliphatic rings. The Balaban J connectivity index is 1.58. The van der Waals surface area contributed by atoms with Crippen LogP contribution in [0.1, 0.15) is 68.6 Å². The van der Waals surface area contributed by atoms with Gasteiger partial charge < -0.3 is 0 Å².